The molecule has 20 heavy (non-hydrogen) atoms. The van der Waals surface area contributed by atoms with Gasteiger partial charge in [0, 0.05) is 37.2 Å². The monoisotopic (exact) mass is 340 g/mol. The molecule has 1 fully saturated rings. The van der Waals surface area contributed by atoms with E-state index >= 15 is 0 Å². The normalized spacial score (nSPS) is 18.1. The van der Waals surface area contributed by atoms with E-state index in [1.165, 1.54) is 0 Å². The Bertz CT molecular complexity index is 457. The fraction of sp³-hybridized carbons (Fsp3) is 0.533. The highest BCUT2D eigenvalue weighted by atomic mass is 79.9. The lowest BCUT2D eigenvalue weighted by atomic mass is 10.1. The topological polar surface area (TPSA) is 43.8 Å². The van der Waals surface area contributed by atoms with E-state index in [4.69, 9.17) is 0 Å². The van der Waals surface area contributed by atoms with Gasteiger partial charge in [-0.2, -0.15) is 0 Å². The van der Waals surface area contributed by atoms with Crippen LogP contribution in [0.4, 0.5) is 0 Å². The molecule has 1 aromatic rings. The summed E-state index contributed by atoms with van der Waals surface area (Å²) in [5.41, 5.74) is 1.03. The lowest BCUT2D eigenvalue weighted by Gasteiger charge is -2.35. The maximum Gasteiger partial charge on any atom is 0.227 e. The molecule has 1 N–H and O–H groups in total. The van der Waals surface area contributed by atoms with Crippen LogP contribution in [0.1, 0.15) is 12.5 Å². The van der Waals surface area contributed by atoms with Gasteiger partial charge in [-0.05, 0) is 18.6 Å². The van der Waals surface area contributed by atoms with E-state index in [-0.39, 0.29) is 12.0 Å². The Morgan fingerprint density at radius 2 is 1.95 bits per heavy atom. The summed E-state index contributed by atoms with van der Waals surface area (Å²) in [7, 11) is 0. The largest absolute Gasteiger partial charge is 0.392 e. The highest BCUT2D eigenvalue weighted by molar-refractivity contribution is 9.10. The summed E-state index contributed by atoms with van der Waals surface area (Å²) in [4.78, 5) is 16.4. The predicted molar refractivity (Wildman–Crippen MR) is 82.5 cm³/mol. The van der Waals surface area contributed by atoms with Crippen molar-refractivity contribution in [2.24, 2.45) is 0 Å². The van der Waals surface area contributed by atoms with E-state index in [1.807, 2.05) is 29.2 Å². The van der Waals surface area contributed by atoms with Crippen LogP contribution in [0, 0.1) is 0 Å². The Labute approximate surface area is 128 Å². The minimum Gasteiger partial charge on any atom is -0.392 e. The van der Waals surface area contributed by atoms with E-state index < -0.39 is 0 Å². The average Bonchev–Trinajstić information content (AvgIpc) is 2.41. The van der Waals surface area contributed by atoms with Gasteiger partial charge in [-0.3, -0.25) is 9.69 Å². The maximum absolute atomic E-state index is 12.3. The molecule has 0 saturated carbocycles. The molecule has 2 rings (SSSR count). The Morgan fingerprint density at radius 1 is 1.30 bits per heavy atom. The average molecular weight is 341 g/mol. The third-order valence-corrected chi connectivity index (χ3v) is 4.32. The molecule has 1 aliphatic heterocycles. The van der Waals surface area contributed by atoms with Crippen LogP contribution in [-0.4, -0.2) is 59.6 Å². The van der Waals surface area contributed by atoms with Gasteiger partial charge in [-0.25, -0.2) is 0 Å². The number of aliphatic hydroxyl groups excluding tert-OH is 1. The zero-order chi connectivity index (χ0) is 14.5. The number of hydrogen-bond acceptors (Lipinski definition) is 3. The number of carbonyl (C=O) groups is 1. The van der Waals surface area contributed by atoms with Crippen LogP contribution in [0.5, 0.6) is 0 Å². The minimum atomic E-state index is -0.308. The first-order valence-corrected chi connectivity index (χ1v) is 7.77. The molecule has 5 heteroatoms. The van der Waals surface area contributed by atoms with Crippen molar-refractivity contribution in [2.45, 2.75) is 19.4 Å². The number of piperazine rings is 1. The Kier molecular flexibility index (Phi) is 5.57. The van der Waals surface area contributed by atoms with Crippen LogP contribution >= 0.6 is 15.9 Å². The van der Waals surface area contributed by atoms with E-state index in [9.17, 15) is 9.90 Å². The molecule has 0 bridgehead atoms. The van der Waals surface area contributed by atoms with Gasteiger partial charge in [0.25, 0.3) is 0 Å². The minimum absolute atomic E-state index is 0.175. The fourth-order valence-corrected chi connectivity index (χ4v) is 2.89. The number of nitrogens with zero attached hydrogens (tertiary/aromatic N) is 2. The molecule has 1 aromatic carbocycles. The molecule has 1 aliphatic rings. The third kappa shape index (κ3) is 4.30. The van der Waals surface area contributed by atoms with Crippen molar-refractivity contribution in [3.05, 3.63) is 34.3 Å². The molecule has 0 spiro atoms. The Hall–Kier alpha value is -0.910. The molecular weight excluding hydrogens is 320 g/mol. The first kappa shape index (κ1) is 15.5. The molecule has 1 heterocycles. The first-order valence-electron chi connectivity index (χ1n) is 6.98. The van der Waals surface area contributed by atoms with E-state index in [1.54, 1.807) is 6.92 Å². The summed E-state index contributed by atoms with van der Waals surface area (Å²) >= 11 is 3.48. The maximum atomic E-state index is 12.3. The Balaban J connectivity index is 1.85. The smallest absolute Gasteiger partial charge is 0.227 e. The van der Waals surface area contributed by atoms with E-state index in [2.05, 4.69) is 20.8 Å². The van der Waals surface area contributed by atoms with Crippen molar-refractivity contribution in [2.75, 3.05) is 32.7 Å². The molecule has 0 radical (unpaired) electrons. The summed E-state index contributed by atoms with van der Waals surface area (Å²) in [5, 5.41) is 9.38. The van der Waals surface area contributed by atoms with Gasteiger partial charge in [-0.1, -0.05) is 34.1 Å². The molecule has 1 amide bonds. The Morgan fingerprint density at radius 3 is 2.55 bits per heavy atom. The SMILES string of the molecule is C[C@H](O)CN1CCN(C(=O)Cc2ccccc2Br)CC1. The highest BCUT2D eigenvalue weighted by Gasteiger charge is 2.22. The van der Waals surface area contributed by atoms with Crippen molar-refractivity contribution in [1.82, 2.24) is 9.80 Å². The standard InChI is InChI=1S/C15H21BrN2O2/c1-12(19)11-17-6-8-18(9-7-17)15(20)10-13-4-2-3-5-14(13)16/h2-5,12,19H,6-11H2,1H3/t12-/m0/s1. The van der Waals surface area contributed by atoms with Gasteiger partial charge in [0.1, 0.15) is 0 Å². The highest BCUT2D eigenvalue weighted by Crippen LogP contribution is 2.17. The third-order valence-electron chi connectivity index (χ3n) is 3.55. The van der Waals surface area contributed by atoms with Crippen LogP contribution in [-0.2, 0) is 11.2 Å². The van der Waals surface area contributed by atoms with Gasteiger partial charge in [0.2, 0.25) is 5.91 Å². The van der Waals surface area contributed by atoms with Crippen LogP contribution in [0.3, 0.4) is 0 Å². The van der Waals surface area contributed by atoms with Crippen LogP contribution in [0.2, 0.25) is 0 Å². The van der Waals surface area contributed by atoms with Gasteiger partial charge >= 0.3 is 0 Å². The molecule has 110 valence electrons. The fourth-order valence-electron chi connectivity index (χ4n) is 2.47. The lowest BCUT2D eigenvalue weighted by Crippen LogP contribution is -2.50. The molecule has 0 aromatic heterocycles. The van der Waals surface area contributed by atoms with Crippen molar-refractivity contribution in [3.63, 3.8) is 0 Å². The number of amides is 1. The van der Waals surface area contributed by atoms with Crippen molar-refractivity contribution < 1.29 is 9.90 Å². The molecule has 4 nitrogen and oxygen atoms in total. The number of carbonyl (C=O) groups excluding carboxylic acids is 1. The number of hydrogen-bond donors (Lipinski definition) is 1. The van der Waals surface area contributed by atoms with E-state index in [0.717, 1.165) is 36.2 Å². The van der Waals surface area contributed by atoms with Gasteiger partial charge in [0.05, 0.1) is 12.5 Å². The predicted octanol–water partition coefficient (Wildman–Crippen LogP) is 1.52. The first-order chi connectivity index (χ1) is 9.56. The van der Waals surface area contributed by atoms with Crippen molar-refractivity contribution >= 4 is 21.8 Å². The van der Waals surface area contributed by atoms with Crippen LogP contribution in [0.15, 0.2) is 28.7 Å². The van der Waals surface area contributed by atoms with Crippen LogP contribution in [0.25, 0.3) is 0 Å². The van der Waals surface area contributed by atoms with Crippen molar-refractivity contribution in [3.8, 4) is 0 Å². The quantitative estimate of drug-likeness (QED) is 0.903. The molecule has 1 atom stereocenters. The van der Waals surface area contributed by atoms with Gasteiger partial charge < -0.3 is 10.0 Å². The zero-order valence-corrected chi connectivity index (χ0v) is 13.3. The summed E-state index contributed by atoms with van der Waals surface area (Å²) in [6.07, 6.45) is 0.134. The number of benzene rings is 1. The molecular formula is C15H21BrN2O2. The second kappa shape index (κ2) is 7.20. The number of halogens is 1. The molecule has 0 aliphatic carbocycles. The van der Waals surface area contributed by atoms with Gasteiger partial charge in [0.15, 0.2) is 0 Å². The number of rotatable bonds is 4. The van der Waals surface area contributed by atoms with Crippen LogP contribution < -0.4 is 0 Å². The molecule has 1 saturated heterocycles. The summed E-state index contributed by atoms with van der Waals surface area (Å²) < 4.78 is 0.987. The number of β-amino-alcohol motifs (C(OH)–C–C–N with tert-alkyl or cyclic N) is 1. The van der Waals surface area contributed by atoms with E-state index in [0.29, 0.717) is 13.0 Å². The van der Waals surface area contributed by atoms with Crippen molar-refractivity contribution in [1.29, 1.82) is 0 Å². The summed E-state index contributed by atoms with van der Waals surface area (Å²) in [6.45, 7) is 5.65. The second-order valence-corrected chi connectivity index (χ2v) is 6.15. The molecule has 0 unspecified atom stereocenters. The zero-order valence-electron chi connectivity index (χ0n) is 11.8. The summed E-state index contributed by atoms with van der Waals surface area (Å²) in [6, 6.07) is 7.84. The second-order valence-electron chi connectivity index (χ2n) is 5.30. The van der Waals surface area contributed by atoms with Gasteiger partial charge in [-0.15, -0.1) is 0 Å². The number of aliphatic hydroxyl groups is 1. The summed E-state index contributed by atoms with van der Waals surface area (Å²) in [5.74, 6) is 0.175. The lowest BCUT2D eigenvalue weighted by molar-refractivity contribution is -0.132.